The fraction of sp³-hybridized carbons (Fsp3) is 0.280. The molecule has 29 heavy (non-hydrogen) atoms. The van der Waals surface area contributed by atoms with Crippen LogP contribution in [0.5, 0.6) is 0 Å². The Hall–Kier alpha value is -3.01. The van der Waals surface area contributed by atoms with Crippen molar-refractivity contribution in [2.24, 2.45) is 0 Å². The molecule has 1 heterocycles. The molecule has 1 aliphatic carbocycles. The van der Waals surface area contributed by atoms with Crippen LogP contribution in [0.1, 0.15) is 53.4 Å². The average Bonchev–Trinajstić information content (AvgIpc) is 2.92. The maximum atomic E-state index is 13.6. The summed E-state index contributed by atoms with van der Waals surface area (Å²) in [5.74, 6) is -0.673. The topological polar surface area (TPSA) is 39.2 Å². The van der Waals surface area contributed by atoms with Gasteiger partial charge in [0.25, 0.3) is 0 Å². The van der Waals surface area contributed by atoms with Gasteiger partial charge in [0.05, 0.1) is 24.1 Å². The van der Waals surface area contributed by atoms with E-state index in [4.69, 9.17) is 9.72 Å². The Balaban J connectivity index is 2.13. The van der Waals surface area contributed by atoms with Crippen LogP contribution < -0.4 is 0 Å². The third-order valence-electron chi connectivity index (χ3n) is 5.54. The van der Waals surface area contributed by atoms with Gasteiger partial charge in [0.15, 0.2) is 0 Å². The molecule has 0 saturated carbocycles. The molecule has 148 valence electrons. The molecule has 3 aromatic rings. The minimum Gasteiger partial charge on any atom is -0.465 e. The highest BCUT2D eigenvalue weighted by molar-refractivity contribution is 6.01. The van der Waals surface area contributed by atoms with Gasteiger partial charge in [0.1, 0.15) is 5.82 Å². The quantitative estimate of drug-likeness (QED) is 0.519. The molecule has 1 aliphatic rings. The van der Waals surface area contributed by atoms with Gasteiger partial charge in [-0.25, -0.2) is 9.18 Å². The number of pyridine rings is 1. The maximum absolute atomic E-state index is 13.6. The number of fused-ring (bicyclic) bond motifs is 3. The first-order chi connectivity index (χ1) is 14.0. The molecule has 0 bridgehead atoms. The van der Waals surface area contributed by atoms with E-state index >= 15 is 0 Å². The molecule has 0 spiro atoms. The fourth-order valence-electron chi connectivity index (χ4n) is 4.19. The first kappa shape index (κ1) is 19.3. The van der Waals surface area contributed by atoms with Crippen LogP contribution in [0.4, 0.5) is 4.39 Å². The third kappa shape index (κ3) is 3.44. The van der Waals surface area contributed by atoms with E-state index in [2.05, 4.69) is 18.2 Å². The lowest BCUT2D eigenvalue weighted by Gasteiger charge is -2.22. The van der Waals surface area contributed by atoms with Gasteiger partial charge in [0, 0.05) is 11.1 Å². The minimum atomic E-state index is -0.402. The lowest BCUT2D eigenvalue weighted by Crippen LogP contribution is -2.14. The van der Waals surface area contributed by atoms with Crippen LogP contribution in [0.15, 0.2) is 48.5 Å². The Morgan fingerprint density at radius 2 is 1.79 bits per heavy atom. The molecule has 0 amide bonds. The number of methoxy groups -OCH3 is 1. The molecule has 0 fully saturated rings. The molecule has 4 rings (SSSR count). The lowest BCUT2D eigenvalue weighted by atomic mass is 9.87. The Morgan fingerprint density at radius 1 is 1.07 bits per heavy atom. The van der Waals surface area contributed by atoms with Crippen LogP contribution >= 0.6 is 0 Å². The average molecular weight is 389 g/mol. The zero-order chi connectivity index (χ0) is 20.5. The largest absolute Gasteiger partial charge is 0.465 e. The van der Waals surface area contributed by atoms with E-state index in [1.807, 2.05) is 19.9 Å². The highest BCUT2D eigenvalue weighted by Gasteiger charge is 2.29. The van der Waals surface area contributed by atoms with Crippen LogP contribution in [-0.4, -0.2) is 18.1 Å². The number of nitrogens with zero attached hydrogens (tertiary/aromatic N) is 1. The maximum Gasteiger partial charge on any atom is 0.340 e. The van der Waals surface area contributed by atoms with Crippen LogP contribution in [-0.2, 0) is 17.6 Å². The summed E-state index contributed by atoms with van der Waals surface area (Å²) in [6.07, 6.45) is 2.72. The summed E-state index contributed by atoms with van der Waals surface area (Å²) in [5.41, 5.74) is 7.18. The Morgan fingerprint density at radius 3 is 2.48 bits per heavy atom. The van der Waals surface area contributed by atoms with E-state index in [1.165, 1.54) is 24.8 Å². The van der Waals surface area contributed by atoms with Crippen LogP contribution in [0.2, 0.25) is 0 Å². The first-order valence-corrected chi connectivity index (χ1v) is 10.0. The molecule has 0 N–H and O–H groups in total. The number of carbonyl (C=O) groups excluding carboxylic acids is 1. The molecule has 3 nitrogen and oxygen atoms in total. The Kier molecular flexibility index (Phi) is 5.18. The van der Waals surface area contributed by atoms with E-state index in [9.17, 15) is 9.18 Å². The van der Waals surface area contributed by atoms with E-state index in [-0.39, 0.29) is 11.7 Å². The number of hydrogen-bond donors (Lipinski definition) is 0. The standard InChI is InChI=1S/C25H24FNO2/c1-15(2)23-22(25(28)29-3)21(17-11-13-18(26)14-12-17)20-10-6-8-16-7-4-5-9-19(16)24(20)27-23/h4-5,7,9,11-15H,6,8,10H2,1-3H3. The number of esters is 1. The second-order valence-electron chi connectivity index (χ2n) is 7.74. The van der Waals surface area contributed by atoms with Crippen molar-refractivity contribution in [3.05, 3.63) is 76.7 Å². The van der Waals surface area contributed by atoms with E-state index in [0.717, 1.165) is 47.2 Å². The number of carbonyl (C=O) groups is 1. The van der Waals surface area contributed by atoms with Gasteiger partial charge in [-0.2, -0.15) is 0 Å². The van der Waals surface area contributed by atoms with Crippen LogP contribution in [0.25, 0.3) is 22.4 Å². The lowest BCUT2D eigenvalue weighted by molar-refractivity contribution is 0.0599. The van der Waals surface area contributed by atoms with Crippen molar-refractivity contribution >= 4 is 5.97 Å². The smallest absolute Gasteiger partial charge is 0.340 e. The number of halogens is 1. The van der Waals surface area contributed by atoms with Crippen molar-refractivity contribution < 1.29 is 13.9 Å². The summed E-state index contributed by atoms with van der Waals surface area (Å²) >= 11 is 0. The molecule has 0 radical (unpaired) electrons. The second kappa shape index (κ2) is 7.78. The minimum absolute atomic E-state index is 0.0315. The van der Waals surface area contributed by atoms with Gasteiger partial charge in [-0.1, -0.05) is 50.2 Å². The zero-order valence-corrected chi connectivity index (χ0v) is 17.0. The van der Waals surface area contributed by atoms with Crippen molar-refractivity contribution in [3.8, 4) is 22.4 Å². The van der Waals surface area contributed by atoms with Gasteiger partial charge in [0.2, 0.25) is 0 Å². The predicted octanol–water partition coefficient (Wildman–Crippen LogP) is 5.95. The molecule has 2 aromatic carbocycles. The normalized spacial score (nSPS) is 12.9. The molecule has 0 saturated heterocycles. The number of rotatable bonds is 3. The van der Waals surface area contributed by atoms with Crippen molar-refractivity contribution in [2.75, 3.05) is 7.11 Å². The summed E-state index contributed by atoms with van der Waals surface area (Å²) in [5, 5.41) is 0. The molecular formula is C25H24FNO2. The van der Waals surface area contributed by atoms with Crippen LogP contribution in [0.3, 0.4) is 0 Å². The number of ether oxygens (including phenoxy) is 1. The molecular weight excluding hydrogens is 365 g/mol. The van der Waals surface area contributed by atoms with E-state index in [1.54, 1.807) is 12.1 Å². The van der Waals surface area contributed by atoms with E-state index in [0.29, 0.717) is 11.3 Å². The SMILES string of the molecule is COC(=O)c1c(C(C)C)nc2c(c1-c1ccc(F)cc1)CCCc1ccccc1-2. The van der Waals surface area contributed by atoms with Crippen molar-refractivity contribution in [1.29, 1.82) is 0 Å². The van der Waals surface area contributed by atoms with Crippen molar-refractivity contribution in [3.63, 3.8) is 0 Å². The summed E-state index contributed by atoms with van der Waals surface area (Å²) in [6.45, 7) is 4.05. The Labute approximate surface area is 170 Å². The molecule has 4 heteroatoms. The van der Waals surface area contributed by atoms with Crippen molar-refractivity contribution in [2.45, 2.75) is 39.0 Å². The first-order valence-electron chi connectivity index (χ1n) is 10.0. The molecule has 0 aliphatic heterocycles. The van der Waals surface area contributed by atoms with Gasteiger partial charge >= 0.3 is 5.97 Å². The summed E-state index contributed by atoms with van der Waals surface area (Å²) in [6, 6.07) is 14.7. The number of hydrogen-bond acceptors (Lipinski definition) is 3. The number of aryl methyl sites for hydroxylation is 1. The van der Waals surface area contributed by atoms with Crippen molar-refractivity contribution in [1.82, 2.24) is 4.98 Å². The van der Waals surface area contributed by atoms with E-state index < -0.39 is 5.97 Å². The Bertz CT molecular complexity index is 1070. The highest BCUT2D eigenvalue weighted by atomic mass is 19.1. The number of benzene rings is 2. The monoisotopic (exact) mass is 389 g/mol. The molecule has 0 atom stereocenters. The summed E-state index contributed by atoms with van der Waals surface area (Å²) < 4.78 is 18.8. The third-order valence-corrected chi connectivity index (χ3v) is 5.54. The summed E-state index contributed by atoms with van der Waals surface area (Å²) in [7, 11) is 1.39. The second-order valence-corrected chi connectivity index (χ2v) is 7.74. The van der Waals surface area contributed by atoms with Gasteiger partial charge in [-0.3, -0.25) is 4.98 Å². The number of aromatic nitrogens is 1. The van der Waals surface area contributed by atoms with Gasteiger partial charge < -0.3 is 4.74 Å². The molecule has 1 aromatic heterocycles. The highest BCUT2D eigenvalue weighted by Crippen LogP contribution is 2.41. The molecule has 0 unspecified atom stereocenters. The summed E-state index contributed by atoms with van der Waals surface area (Å²) in [4.78, 5) is 17.9. The van der Waals surface area contributed by atoms with Crippen LogP contribution in [0, 0.1) is 5.82 Å². The zero-order valence-electron chi connectivity index (χ0n) is 17.0. The van der Waals surface area contributed by atoms with Gasteiger partial charge in [-0.05, 0) is 54.0 Å². The van der Waals surface area contributed by atoms with Gasteiger partial charge in [-0.15, -0.1) is 0 Å². The fourth-order valence-corrected chi connectivity index (χ4v) is 4.19. The predicted molar refractivity (Wildman–Crippen MR) is 113 cm³/mol.